The Morgan fingerprint density at radius 3 is 2.88 bits per heavy atom. The number of rotatable bonds is 6. The monoisotopic (exact) mass is 259 g/mol. The molecule has 0 aliphatic carbocycles. The highest BCUT2D eigenvalue weighted by Crippen LogP contribution is 2.23. The van der Waals surface area contributed by atoms with Crippen molar-refractivity contribution in [3.05, 3.63) is 27.4 Å². The van der Waals surface area contributed by atoms with Crippen molar-refractivity contribution in [3.63, 3.8) is 0 Å². The van der Waals surface area contributed by atoms with Gasteiger partial charge in [-0.05, 0) is 6.42 Å². The van der Waals surface area contributed by atoms with E-state index in [2.05, 4.69) is 10.3 Å². The lowest BCUT2D eigenvalue weighted by molar-refractivity contribution is -0.385. The molecule has 0 amide bonds. The largest absolute Gasteiger partial charge is 0.481 e. The molecule has 0 aromatic carbocycles. The number of nitrogens with one attached hydrogen (secondary N) is 1. The number of hydrogen-bond donors (Lipinski definition) is 2. The molecule has 0 spiro atoms. The van der Waals surface area contributed by atoms with Crippen molar-refractivity contribution in [1.82, 2.24) is 4.98 Å². The molecule has 17 heavy (non-hydrogen) atoms. The Balaban J connectivity index is 2.54. The molecule has 0 bridgehead atoms. The Hall–Kier alpha value is -1.89. The maximum atomic E-state index is 10.4. The second-order valence-electron chi connectivity index (χ2n) is 3.21. The zero-order chi connectivity index (χ0) is 12.8. The van der Waals surface area contributed by atoms with E-state index in [-0.39, 0.29) is 17.1 Å². The lowest BCUT2D eigenvalue weighted by Gasteiger charge is -2.05. The number of carboxylic acids is 1. The summed E-state index contributed by atoms with van der Waals surface area (Å²) in [7, 11) is 0. The number of aromatic nitrogens is 1. The number of anilines is 1. The minimum absolute atomic E-state index is 0.0393. The first-order valence-electron chi connectivity index (χ1n) is 4.76. The van der Waals surface area contributed by atoms with E-state index < -0.39 is 10.9 Å². The molecule has 92 valence electrons. The molecule has 0 aliphatic heterocycles. The van der Waals surface area contributed by atoms with Gasteiger partial charge in [0.2, 0.25) is 0 Å². The third-order valence-corrected chi connectivity index (χ3v) is 2.19. The second kappa shape index (κ2) is 6.00. The molecule has 0 aliphatic rings. The summed E-state index contributed by atoms with van der Waals surface area (Å²) in [4.78, 5) is 23.9. The van der Waals surface area contributed by atoms with Gasteiger partial charge in [-0.3, -0.25) is 14.9 Å². The molecule has 2 N–H and O–H groups in total. The number of pyridine rings is 1. The number of nitrogens with zero attached hydrogens (tertiary/aromatic N) is 2. The van der Waals surface area contributed by atoms with Crippen LogP contribution in [-0.2, 0) is 4.79 Å². The highest BCUT2D eigenvalue weighted by Gasteiger charge is 2.10. The number of carboxylic acid groups (broad SMARTS) is 1. The number of nitro groups is 1. The number of carbonyl (C=O) groups is 1. The molecule has 0 saturated carbocycles. The summed E-state index contributed by atoms with van der Waals surface area (Å²) in [6.45, 7) is 0.386. The van der Waals surface area contributed by atoms with Crippen LogP contribution in [0.3, 0.4) is 0 Å². The zero-order valence-electron chi connectivity index (χ0n) is 8.72. The fourth-order valence-electron chi connectivity index (χ4n) is 1.10. The molecule has 1 rings (SSSR count). The van der Waals surface area contributed by atoms with Gasteiger partial charge in [0.1, 0.15) is 12.0 Å². The van der Waals surface area contributed by atoms with Crippen LogP contribution in [0.15, 0.2) is 12.3 Å². The second-order valence-corrected chi connectivity index (χ2v) is 3.61. The molecule has 0 unspecified atom stereocenters. The molecule has 1 aromatic heterocycles. The Labute approximate surface area is 102 Å². The first-order chi connectivity index (χ1) is 8.00. The summed E-state index contributed by atoms with van der Waals surface area (Å²) in [5.74, 6) is -0.572. The summed E-state index contributed by atoms with van der Waals surface area (Å²) in [5, 5.41) is 21.8. The standard InChI is InChI=1S/C9H10ClN3O4/c10-7-4-6(13(16)17)5-12-9(7)11-3-1-2-8(14)15/h4-5H,1-3H2,(H,11,12)(H,14,15). The van der Waals surface area contributed by atoms with Crippen molar-refractivity contribution in [1.29, 1.82) is 0 Å². The summed E-state index contributed by atoms with van der Waals surface area (Å²) in [5.41, 5.74) is -0.189. The Morgan fingerprint density at radius 1 is 1.65 bits per heavy atom. The molecule has 1 heterocycles. The summed E-state index contributed by atoms with van der Waals surface area (Å²) < 4.78 is 0. The molecule has 8 heteroatoms. The third kappa shape index (κ3) is 4.23. The van der Waals surface area contributed by atoms with E-state index in [0.29, 0.717) is 18.8 Å². The molecule has 1 aromatic rings. The first-order valence-corrected chi connectivity index (χ1v) is 5.14. The van der Waals surface area contributed by atoms with Crippen molar-refractivity contribution in [2.24, 2.45) is 0 Å². The van der Waals surface area contributed by atoms with Crippen molar-refractivity contribution in [2.75, 3.05) is 11.9 Å². The quantitative estimate of drug-likeness (QED) is 0.459. The van der Waals surface area contributed by atoms with Crippen LogP contribution in [-0.4, -0.2) is 27.5 Å². The molecule has 0 radical (unpaired) electrons. The van der Waals surface area contributed by atoms with Crippen LogP contribution in [0, 0.1) is 10.1 Å². The molecule has 0 atom stereocenters. The predicted molar refractivity (Wildman–Crippen MR) is 61.3 cm³/mol. The zero-order valence-corrected chi connectivity index (χ0v) is 9.48. The smallest absolute Gasteiger partial charge is 0.303 e. The number of aliphatic carboxylic acids is 1. The van der Waals surface area contributed by atoms with Gasteiger partial charge >= 0.3 is 5.97 Å². The van der Waals surface area contributed by atoms with Gasteiger partial charge in [-0.2, -0.15) is 0 Å². The van der Waals surface area contributed by atoms with Crippen LogP contribution in [0.1, 0.15) is 12.8 Å². The first kappa shape index (κ1) is 13.2. The van der Waals surface area contributed by atoms with Gasteiger partial charge in [0.25, 0.3) is 5.69 Å². The molecular formula is C9H10ClN3O4. The van der Waals surface area contributed by atoms with E-state index in [1.54, 1.807) is 0 Å². The van der Waals surface area contributed by atoms with Crippen molar-refractivity contribution in [3.8, 4) is 0 Å². The average Bonchev–Trinajstić information content (AvgIpc) is 2.25. The molecule has 0 fully saturated rings. The third-order valence-electron chi connectivity index (χ3n) is 1.90. The van der Waals surface area contributed by atoms with Gasteiger partial charge in [0, 0.05) is 19.0 Å². The normalized spacial score (nSPS) is 9.94. The Kier molecular flexibility index (Phi) is 4.65. The lowest BCUT2D eigenvalue weighted by atomic mass is 10.3. The van der Waals surface area contributed by atoms with Crippen LogP contribution in [0.5, 0.6) is 0 Å². The fraction of sp³-hybridized carbons (Fsp3) is 0.333. The average molecular weight is 260 g/mol. The molecule has 0 saturated heterocycles. The van der Waals surface area contributed by atoms with Crippen LogP contribution < -0.4 is 5.32 Å². The van der Waals surface area contributed by atoms with Gasteiger partial charge in [0.05, 0.1) is 9.95 Å². The highest BCUT2D eigenvalue weighted by atomic mass is 35.5. The van der Waals surface area contributed by atoms with E-state index >= 15 is 0 Å². The fourth-order valence-corrected chi connectivity index (χ4v) is 1.33. The summed E-state index contributed by atoms with van der Waals surface area (Å²) in [6, 6.07) is 1.19. The maximum absolute atomic E-state index is 10.4. The van der Waals surface area contributed by atoms with Gasteiger partial charge in [-0.1, -0.05) is 11.6 Å². The molecule has 7 nitrogen and oxygen atoms in total. The van der Waals surface area contributed by atoms with E-state index in [0.717, 1.165) is 6.20 Å². The van der Waals surface area contributed by atoms with Crippen molar-refractivity contribution < 1.29 is 14.8 Å². The van der Waals surface area contributed by atoms with E-state index in [1.165, 1.54) is 6.07 Å². The van der Waals surface area contributed by atoms with Crippen LogP contribution in [0.4, 0.5) is 11.5 Å². The SMILES string of the molecule is O=C(O)CCCNc1ncc([N+](=O)[O-])cc1Cl. The van der Waals surface area contributed by atoms with Crippen molar-refractivity contribution >= 4 is 29.1 Å². The van der Waals surface area contributed by atoms with Crippen LogP contribution in [0.2, 0.25) is 5.02 Å². The van der Waals surface area contributed by atoms with Crippen molar-refractivity contribution in [2.45, 2.75) is 12.8 Å². The minimum atomic E-state index is -0.880. The van der Waals surface area contributed by atoms with Gasteiger partial charge in [0.15, 0.2) is 0 Å². The summed E-state index contributed by atoms with van der Waals surface area (Å²) >= 11 is 5.77. The molecular weight excluding hydrogens is 250 g/mol. The highest BCUT2D eigenvalue weighted by molar-refractivity contribution is 6.33. The van der Waals surface area contributed by atoms with Gasteiger partial charge in [-0.15, -0.1) is 0 Å². The minimum Gasteiger partial charge on any atom is -0.481 e. The topological polar surface area (TPSA) is 105 Å². The number of halogens is 1. The Bertz CT molecular complexity index is 438. The van der Waals surface area contributed by atoms with Crippen LogP contribution in [0.25, 0.3) is 0 Å². The van der Waals surface area contributed by atoms with Crippen LogP contribution >= 0.6 is 11.6 Å². The number of hydrogen-bond acceptors (Lipinski definition) is 5. The Morgan fingerprint density at radius 2 is 2.35 bits per heavy atom. The van der Waals surface area contributed by atoms with E-state index in [9.17, 15) is 14.9 Å². The van der Waals surface area contributed by atoms with Gasteiger partial charge < -0.3 is 10.4 Å². The predicted octanol–water partition coefficient (Wildman–Crippen LogP) is 1.92. The summed E-state index contributed by atoms with van der Waals surface area (Å²) in [6.07, 6.45) is 1.55. The maximum Gasteiger partial charge on any atom is 0.303 e. The van der Waals surface area contributed by atoms with E-state index in [4.69, 9.17) is 16.7 Å². The van der Waals surface area contributed by atoms with Gasteiger partial charge in [-0.25, -0.2) is 4.98 Å². The lowest BCUT2D eigenvalue weighted by Crippen LogP contribution is -2.06. The van der Waals surface area contributed by atoms with E-state index in [1.807, 2.05) is 0 Å².